The first kappa shape index (κ1) is 14.6. The van der Waals surface area contributed by atoms with Crippen LogP contribution in [0.2, 0.25) is 10.0 Å². The molecule has 0 fully saturated rings. The molecule has 0 amide bonds. The van der Waals surface area contributed by atoms with Crippen LogP contribution in [-0.2, 0) is 6.42 Å². The maximum atomic E-state index is 12.2. The van der Waals surface area contributed by atoms with Gasteiger partial charge in [-0.15, -0.1) is 0 Å². The molecule has 98 valence electrons. The Balaban J connectivity index is 2.25. The summed E-state index contributed by atoms with van der Waals surface area (Å²) in [7, 11) is 0. The van der Waals surface area contributed by atoms with E-state index in [0.717, 1.165) is 15.6 Å². The molecule has 4 heteroatoms. The third-order valence-electron chi connectivity index (χ3n) is 2.79. The van der Waals surface area contributed by atoms with Gasteiger partial charge in [0.25, 0.3) is 0 Å². The van der Waals surface area contributed by atoms with E-state index in [1.54, 1.807) is 18.2 Å². The number of benzene rings is 2. The number of rotatable bonds is 3. The average molecular weight is 358 g/mol. The van der Waals surface area contributed by atoms with Crippen LogP contribution in [0.4, 0.5) is 0 Å². The van der Waals surface area contributed by atoms with Crippen molar-refractivity contribution in [3.05, 3.63) is 67.6 Å². The van der Waals surface area contributed by atoms with Crippen LogP contribution < -0.4 is 0 Å². The second-order valence-electron chi connectivity index (χ2n) is 4.32. The summed E-state index contributed by atoms with van der Waals surface area (Å²) in [5.41, 5.74) is 2.40. The van der Waals surface area contributed by atoms with Crippen LogP contribution in [0.5, 0.6) is 0 Å². The molecule has 0 atom stereocenters. The first-order valence-electron chi connectivity index (χ1n) is 5.70. The number of carbonyl (C=O) groups is 1. The largest absolute Gasteiger partial charge is 0.294 e. The zero-order valence-electron chi connectivity index (χ0n) is 10.2. The van der Waals surface area contributed by atoms with Crippen molar-refractivity contribution >= 4 is 44.9 Å². The van der Waals surface area contributed by atoms with Crippen molar-refractivity contribution in [1.29, 1.82) is 0 Å². The molecule has 0 bridgehead atoms. The zero-order valence-corrected chi connectivity index (χ0v) is 13.3. The third-order valence-corrected chi connectivity index (χ3v) is 3.95. The van der Waals surface area contributed by atoms with Crippen molar-refractivity contribution in [3.8, 4) is 0 Å². The van der Waals surface area contributed by atoms with Crippen molar-refractivity contribution in [2.75, 3.05) is 0 Å². The number of ketones is 1. The molecule has 0 N–H and O–H groups in total. The monoisotopic (exact) mass is 356 g/mol. The van der Waals surface area contributed by atoms with Crippen molar-refractivity contribution < 1.29 is 4.79 Å². The normalized spacial score (nSPS) is 10.5. The van der Waals surface area contributed by atoms with Gasteiger partial charge in [-0.25, -0.2) is 0 Å². The van der Waals surface area contributed by atoms with Gasteiger partial charge in [0.15, 0.2) is 5.78 Å². The smallest absolute Gasteiger partial charge is 0.168 e. The molecule has 0 heterocycles. The molecule has 2 aromatic carbocycles. The van der Waals surface area contributed by atoms with Crippen LogP contribution in [0.15, 0.2) is 40.9 Å². The lowest BCUT2D eigenvalue weighted by molar-refractivity contribution is 0.0993. The fourth-order valence-electron chi connectivity index (χ4n) is 1.78. The van der Waals surface area contributed by atoms with Gasteiger partial charge < -0.3 is 0 Å². The summed E-state index contributed by atoms with van der Waals surface area (Å²) < 4.78 is 0.849. The van der Waals surface area contributed by atoms with Gasteiger partial charge in [0.05, 0.1) is 5.02 Å². The van der Waals surface area contributed by atoms with E-state index in [1.165, 1.54) is 0 Å². The summed E-state index contributed by atoms with van der Waals surface area (Å²) in [5.74, 6) is -0.0387. The Morgan fingerprint density at radius 2 is 1.84 bits per heavy atom. The highest BCUT2D eigenvalue weighted by atomic mass is 79.9. The summed E-state index contributed by atoms with van der Waals surface area (Å²) in [6.45, 7) is 1.96. The van der Waals surface area contributed by atoms with E-state index in [0.29, 0.717) is 15.6 Å². The van der Waals surface area contributed by atoms with Crippen LogP contribution in [0.25, 0.3) is 0 Å². The molecule has 0 aliphatic heterocycles. The molecule has 19 heavy (non-hydrogen) atoms. The molecular formula is C15H11BrCl2O. The highest BCUT2D eigenvalue weighted by molar-refractivity contribution is 9.10. The summed E-state index contributed by atoms with van der Waals surface area (Å²) in [6, 6.07) is 10.9. The van der Waals surface area contributed by atoms with Crippen molar-refractivity contribution in [3.63, 3.8) is 0 Å². The maximum absolute atomic E-state index is 12.2. The number of hydrogen-bond donors (Lipinski definition) is 0. The Labute approximate surface area is 130 Å². The third kappa shape index (κ3) is 3.59. The lowest BCUT2D eigenvalue weighted by Crippen LogP contribution is -2.05. The Morgan fingerprint density at radius 1 is 1.11 bits per heavy atom. The fourth-order valence-corrected chi connectivity index (χ4v) is 2.86. The molecule has 0 saturated heterocycles. The number of carbonyl (C=O) groups excluding carboxylic acids is 1. The van der Waals surface area contributed by atoms with Gasteiger partial charge in [-0.2, -0.15) is 0 Å². The van der Waals surface area contributed by atoms with Crippen molar-refractivity contribution in [2.45, 2.75) is 13.3 Å². The molecule has 0 saturated carbocycles. The Kier molecular flexibility index (Phi) is 4.67. The second-order valence-corrected chi connectivity index (χ2v) is 6.05. The average Bonchev–Trinajstić information content (AvgIpc) is 2.32. The van der Waals surface area contributed by atoms with E-state index in [4.69, 9.17) is 23.2 Å². The maximum Gasteiger partial charge on any atom is 0.168 e. The lowest BCUT2D eigenvalue weighted by atomic mass is 10.0. The van der Waals surface area contributed by atoms with Crippen LogP contribution in [0.3, 0.4) is 0 Å². The first-order valence-corrected chi connectivity index (χ1v) is 7.25. The first-order chi connectivity index (χ1) is 8.97. The van der Waals surface area contributed by atoms with Crippen LogP contribution >= 0.6 is 39.1 Å². The van der Waals surface area contributed by atoms with E-state index in [-0.39, 0.29) is 12.2 Å². The van der Waals surface area contributed by atoms with Gasteiger partial charge in [0.2, 0.25) is 0 Å². The number of Topliss-reactive ketones (excluding diaryl/α,β-unsaturated/α-hetero) is 1. The van der Waals surface area contributed by atoms with Crippen LogP contribution in [0.1, 0.15) is 21.5 Å². The lowest BCUT2D eigenvalue weighted by Gasteiger charge is -2.07. The fraction of sp³-hybridized carbons (Fsp3) is 0.133. The quantitative estimate of drug-likeness (QED) is 0.664. The summed E-state index contributed by atoms with van der Waals surface area (Å²) in [4.78, 5) is 12.2. The predicted molar refractivity (Wildman–Crippen MR) is 83.4 cm³/mol. The van der Waals surface area contributed by atoms with Crippen molar-refractivity contribution in [1.82, 2.24) is 0 Å². The predicted octanol–water partition coefficient (Wildman–Crippen LogP) is 5.49. The molecule has 2 aromatic rings. The van der Waals surface area contributed by atoms with Gasteiger partial charge in [-0.1, -0.05) is 51.3 Å². The number of aryl methyl sites for hydroxylation is 1. The van der Waals surface area contributed by atoms with Crippen LogP contribution in [-0.4, -0.2) is 5.78 Å². The molecule has 0 unspecified atom stereocenters. The summed E-state index contributed by atoms with van der Waals surface area (Å²) in [6.07, 6.45) is 0.250. The van der Waals surface area contributed by atoms with Gasteiger partial charge in [0.1, 0.15) is 0 Å². The van der Waals surface area contributed by atoms with E-state index >= 15 is 0 Å². The Hall–Kier alpha value is -0.830. The molecule has 0 aliphatic carbocycles. The minimum Gasteiger partial charge on any atom is -0.294 e. The van der Waals surface area contributed by atoms with Crippen LogP contribution in [0, 0.1) is 6.92 Å². The van der Waals surface area contributed by atoms with E-state index in [2.05, 4.69) is 15.9 Å². The minimum absolute atomic E-state index is 0.0387. The van der Waals surface area contributed by atoms with E-state index in [9.17, 15) is 4.79 Å². The highest BCUT2D eigenvalue weighted by Crippen LogP contribution is 2.24. The molecule has 0 aromatic heterocycles. The topological polar surface area (TPSA) is 17.1 Å². The molecule has 2 rings (SSSR count). The van der Waals surface area contributed by atoms with E-state index in [1.807, 2.05) is 25.1 Å². The Bertz CT molecular complexity index is 638. The van der Waals surface area contributed by atoms with Gasteiger partial charge in [-0.3, -0.25) is 4.79 Å². The standard InChI is InChI=1S/C15H11BrCl2O/c1-9-2-3-10(13(17)6-9)7-15(19)12-5-4-11(16)8-14(12)18/h2-6,8H,7H2,1H3. The highest BCUT2D eigenvalue weighted by Gasteiger charge is 2.13. The molecule has 1 nitrogen and oxygen atoms in total. The molecule has 0 spiro atoms. The minimum atomic E-state index is -0.0387. The van der Waals surface area contributed by atoms with Crippen molar-refractivity contribution in [2.24, 2.45) is 0 Å². The molecule has 0 radical (unpaired) electrons. The summed E-state index contributed by atoms with van der Waals surface area (Å²) >= 11 is 15.5. The second kappa shape index (κ2) is 6.08. The summed E-state index contributed by atoms with van der Waals surface area (Å²) in [5, 5.41) is 1.06. The molecule has 0 aliphatic rings. The number of halogens is 3. The van der Waals surface area contributed by atoms with Gasteiger partial charge >= 0.3 is 0 Å². The van der Waals surface area contributed by atoms with E-state index < -0.39 is 0 Å². The van der Waals surface area contributed by atoms with Gasteiger partial charge in [0, 0.05) is 21.5 Å². The Morgan fingerprint density at radius 3 is 2.47 bits per heavy atom. The van der Waals surface area contributed by atoms with Gasteiger partial charge in [-0.05, 0) is 42.3 Å². The molecular weight excluding hydrogens is 347 g/mol. The number of hydrogen-bond acceptors (Lipinski definition) is 1. The zero-order chi connectivity index (χ0) is 14.0. The SMILES string of the molecule is Cc1ccc(CC(=O)c2ccc(Br)cc2Cl)c(Cl)c1.